The average Bonchev–Trinajstić information content (AvgIpc) is 3.13. The van der Waals surface area contributed by atoms with Crippen molar-refractivity contribution >= 4 is 28.6 Å². The van der Waals surface area contributed by atoms with Gasteiger partial charge in [0, 0.05) is 22.2 Å². The molecule has 0 aromatic heterocycles. The number of hydrogen-bond donors (Lipinski definition) is 3. The number of carboxylic acid groups (broad SMARTS) is 1. The van der Waals surface area contributed by atoms with E-state index < -0.39 is 42.0 Å². The molecule has 1 aliphatic carbocycles. The number of hydrogen-bond acceptors (Lipinski definition) is 4. The van der Waals surface area contributed by atoms with Crippen molar-refractivity contribution in [3.05, 3.63) is 12.2 Å². The largest absolute Gasteiger partial charge is 0.481 e. The number of aliphatic hydroxyl groups is 2. The summed E-state index contributed by atoms with van der Waals surface area (Å²) in [4.78, 5) is 10.6. The summed E-state index contributed by atoms with van der Waals surface area (Å²) in [5.74, 6) is -5.47. The number of carbonyl (C=O) groups is 1. The van der Waals surface area contributed by atoms with E-state index in [0.29, 0.717) is 25.7 Å². The maximum absolute atomic E-state index is 14.6. The second-order valence-electron chi connectivity index (χ2n) is 7.94. The number of aliphatic carboxylic acids is 1. The van der Waals surface area contributed by atoms with Crippen LogP contribution >= 0.6 is 22.6 Å². The third kappa shape index (κ3) is 5.86. The van der Waals surface area contributed by atoms with Crippen LogP contribution in [0.5, 0.6) is 0 Å². The Hall–Kier alpha value is -0.320. The molecule has 2 aliphatic rings. The van der Waals surface area contributed by atoms with Crippen LogP contribution in [-0.4, -0.2) is 55.6 Å². The Morgan fingerprint density at radius 3 is 2.68 bits per heavy atom. The summed E-state index contributed by atoms with van der Waals surface area (Å²) in [6, 6.07) is 0. The van der Waals surface area contributed by atoms with Crippen LogP contribution < -0.4 is 0 Å². The van der Waals surface area contributed by atoms with Crippen molar-refractivity contribution in [2.24, 2.45) is 11.8 Å². The van der Waals surface area contributed by atoms with Gasteiger partial charge >= 0.3 is 5.97 Å². The van der Waals surface area contributed by atoms with Crippen LogP contribution in [0.4, 0.5) is 8.78 Å². The van der Waals surface area contributed by atoms with Crippen molar-refractivity contribution in [1.82, 2.24) is 0 Å². The maximum Gasteiger partial charge on any atom is 0.303 e. The Bertz CT molecular complexity index is 545. The molecule has 0 aromatic carbocycles. The highest BCUT2D eigenvalue weighted by atomic mass is 127. The van der Waals surface area contributed by atoms with Crippen LogP contribution in [0.1, 0.15) is 58.3 Å². The Balaban J connectivity index is 1.97. The van der Waals surface area contributed by atoms with Crippen molar-refractivity contribution < 1.29 is 33.6 Å². The Labute approximate surface area is 178 Å². The summed E-state index contributed by atoms with van der Waals surface area (Å²) in [5.41, 5.74) is 0. The van der Waals surface area contributed by atoms with Gasteiger partial charge in [-0.1, -0.05) is 60.9 Å². The molecule has 0 aromatic rings. The van der Waals surface area contributed by atoms with E-state index in [-0.39, 0.29) is 16.4 Å². The van der Waals surface area contributed by atoms with E-state index in [9.17, 15) is 23.8 Å². The van der Waals surface area contributed by atoms with Crippen LogP contribution in [-0.2, 0) is 9.53 Å². The van der Waals surface area contributed by atoms with Crippen LogP contribution in [0.25, 0.3) is 0 Å². The molecule has 3 N–H and O–H groups in total. The van der Waals surface area contributed by atoms with Gasteiger partial charge < -0.3 is 20.1 Å². The zero-order chi connectivity index (χ0) is 20.9. The number of ether oxygens (including phenoxy) is 1. The zero-order valence-electron chi connectivity index (χ0n) is 16.1. The molecule has 0 radical (unpaired) electrons. The van der Waals surface area contributed by atoms with Gasteiger partial charge in [0.1, 0.15) is 12.2 Å². The van der Waals surface area contributed by atoms with Crippen LogP contribution in [0.2, 0.25) is 0 Å². The normalized spacial score (nSPS) is 33.9. The van der Waals surface area contributed by atoms with E-state index >= 15 is 0 Å². The third-order valence-electron chi connectivity index (χ3n) is 5.78. The van der Waals surface area contributed by atoms with E-state index in [1.165, 1.54) is 12.2 Å². The molecule has 0 spiro atoms. The minimum absolute atomic E-state index is 0.0508. The lowest BCUT2D eigenvalue weighted by molar-refractivity contribution is -0.167. The minimum atomic E-state index is -3.33. The Morgan fingerprint density at radius 1 is 1.32 bits per heavy atom. The van der Waals surface area contributed by atoms with Gasteiger partial charge in [-0.05, 0) is 25.7 Å². The standard InChI is InChI=1S/C20H31F2IO5/c1-2-3-4-6-12(24)9-10-13-14-11-16(15(23)7-5-8-17(25)26)28-19(14)20(21,22)18(13)27/h9-10,12-16,18-19,24,27H,2-8,11H2,1H3,(H,25,26)/b10-9+/t12-,13+,14+,15?,16?,18-,19-/m0/s1. The Kier molecular flexibility index (Phi) is 9.10. The number of aliphatic hydroxyl groups excluding tert-OH is 2. The SMILES string of the molecule is CCCCC[C@H](O)/C=C/[C@@H]1[C@H]2CC(C(I)CCCC(=O)O)O[C@@H]2C(F)(F)[C@H]1O. The molecule has 1 heterocycles. The molecule has 8 heteroatoms. The first kappa shape index (κ1) is 24.0. The van der Waals surface area contributed by atoms with Gasteiger partial charge in [0.15, 0.2) is 0 Å². The molecular formula is C20H31F2IO5. The highest BCUT2D eigenvalue weighted by molar-refractivity contribution is 14.1. The minimum Gasteiger partial charge on any atom is -0.481 e. The molecule has 1 aliphatic heterocycles. The predicted molar refractivity (Wildman–Crippen MR) is 110 cm³/mol. The molecular weight excluding hydrogens is 485 g/mol. The molecule has 7 atom stereocenters. The van der Waals surface area contributed by atoms with Gasteiger partial charge in [-0.25, -0.2) is 8.78 Å². The van der Waals surface area contributed by atoms with Crippen molar-refractivity contribution in [3.63, 3.8) is 0 Å². The van der Waals surface area contributed by atoms with Gasteiger partial charge in [-0.2, -0.15) is 0 Å². The fourth-order valence-electron chi connectivity index (χ4n) is 4.20. The van der Waals surface area contributed by atoms with E-state index in [1.54, 1.807) is 0 Å². The van der Waals surface area contributed by atoms with E-state index in [1.807, 2.05) is 0 Å². The molecule has 1 saturated carbocycles. The predicted octanol–water partition coefficient (Wildman–Crippen LogP) is 3.94. The third-order valence-corrected chi connectivity index (χ3v) is 7.21. The molecule has 162 valence electrons. The van der Waals surface area contributed by atoms with Crippen molar-refractivity contribution in [2.45, 2.75) is 92.6 Å². The summed E-state index contributed by atoms with van der Waals surface area (Å²) in [6.07, 6.45) is 3.85. The topological polar surface area (TPSA) is 87.0 Å². The maximum atomic E-state index is 14.6. The molecule has 0 amide bonds. The second-order valence-corrected chi connectivity index (χ2v) is 9.54. The van der Waals surface area contributed by atoms with E-state index in [2.05, 4.69) is 29.5 Å². The molecule has 0 bridgehead atoms. The Morgan fingerprint density at radius 2 is 2.04 bits per heavy atom. The lowest BCUT2D eigenvalue weighted by Crippen LogP contribution is -2.41. The summed E-state index contributed by atoms with van der Waals surface area (Å²) in [6.45, 7) is 2.07. The smallest absolute Gasteiger partial charge is 0.303 e. The second kappa shape index (κ2) is 10.6. The molecule has 2 fully saturated rings. The van der Waals surface area contributed by atoms with Gasteiger partial charge in [0.05, 0.1) is 12.2 Å². The summed E-state index contributed by atoms with van der Waals surface area (Å²) < 4.78 is 34.7. The fourth-order valence-corrected chi connectivity index (χ4v) is 5.11. The van der Waals surface area contributed by atoms with Crippen LogP contribution in [0, 0.1) is 11.8 Å². The quantitative estimate of drug-likeness (QED) is 0.168. The first-order chi connectivity index (χ1) is 13.2. The van der Waals surface area contributed by atoms with E-state index in [0.717, 1.165) is 19.3 Å². The van der Waals surface area contributed by atoms with Crippen LogP contribution in [0.3, 0.4) is 0 Å². The summed E-state index contributed by atoms with van der Waals surface area (Å²) in [7, 11) is 0. The number of halogens is 3. The van der Waals surface area contributed by atoms with Crippen LogP contribution in [0.15, 0.2) is 12.2 Å². The average molecular weight is 516 g/mol. The van der Waals surface area contributed by atoms with Gasteiger partial charge in [0.2, 0.25) is 0 Å². The van der Waals surface area contributed by atoms with E-state index in [4.69, 9.17) is 9.84 Å². The first-order valence-corrected chi connectivity index (χ1v) is 11.4. The van der Waals surface area contributed by atoms with Gasteiger partial charge in [-0.15, -0.1) is 0 Å². The highest BCUT2D eigenvalue weighted by Crippen LogP contribution is 2.53. The highest BCUT2D eigenvalue weighted by Gasteiger charge is 2.65. The molecule has 1 saturated heterocycles. The lowest BCUT2D eigenvalue weighted by atomic mass is 9.89. The molecule has 5 nitrogen and oxygen atoms in total. The molecule has 2 rings (SSSR count). The molecule has 28 heavy (non-hydrogen) atoms. The van der Waals surface area contributed by atoms with Gasteiger partial charge in [0.25, 0.3) is 5.92 Å². The fraction of sp³-hybridized carbons (Fsp3) is 0.850. The zero-order valence-corrected chi connectivity index (χ0v) is 18.3. The lowest BCUT2D eigenvalue weighted by Gasteiger charge is -2.25. The van der Waals surface area contributed by atoms with Gasteiger partial charge in [-0.3, -0.25) is 4.79 Å². The number of rotatable bonds is 11. The summed E-state index contributed by atoms with van der Waals surface area (Å²) >= 11 is 2.14. The summed E-state index contributed by atoms with van der Waals surface area (Å²) in [5, 5.41) is 28.9. The molecule has 2 unspecified atom stereocenters. The number of carboxylic acids is 1. The number of unbranched alkanes of at least 4 members (excludes halogenated alkanes) is 2. The van der Waals surface area contributed by atoms with Crippen molar-refractivity contribution in [2.75, 3.05) is 0 Å². The number of alkyl halides is 3. The van der Waals surface area contributed by atoms with Crippen molar-refractivity contribution in [1.29, 1.82) is 0 Å². The van der Waals surface area contributed by atoms with Crippen molar-refractivity contribution in [3.8, 4) is 0 Å². The monoisotopic (exact) mass is 516 g/mol. The number of fused-ring (bicyclic) bond motifs is 1. The first-order valence-electron chi connectivity index (χ1n) is 10.1.